The minimum absolute atomic E-state index is 0.541. The highest BCUT2D eigenvalue weighted by atomic mass is 31.0. The lowest BCUT2D eigenvalue weighted by atomic mass is 10.4. The Morgan fingerprint density at radius 2 is 1.36 bits per heavy atom. The van der Waals surface area contributed by atoms with Gasteiger partial charge >= 0.3 is 20.0 Å². The van der Waals surface area contributed by atoms with Crippen LogP contribution in [0.1, 0.15) is 0 Å². The number of carbonyl (C=O) groups excluding carboxylic acids is 2. The maximum absolute atomic E-state index is 10.2. The number of hydrogen-bond donors (Lipinski definition) is 0. The van der Waals surface area contributed by atoms with Gasteiger partial charge in [0.05, 0.1) is 18.9 Å². The molecule has 0 saturated heterocycles. The highest BCUT2D eigenvalue weighted by molar-refractivity contribution is 7.11. The smallest absolute Gasteiger partial charge is 0.469 e. The largest absolute Gasteiger partial charge is 0.585 e. The highest BCUT2D eigenvalue weighted by Crippen LogP contribution is 1.93. The summed E-state index contributed by atoms with van der Waals surface area (Å²) in [7, 11) is 2.81. The van der Waals surface area contributed by atoms with Gasteiger partial charge in [-0.1, -0.05) is 0 Å². The first-order valence-corrected chi connectivity index (χ1v) is 3.22. The fourth-order valence-electron chi connectivity index (χ4n) is 0.194. The van der Waals surface area contributed by atoms with Crippen LogP contribution in [0.5, 0.6) is 0 Å². The Bertz CT molecular complexity index is 134. The molecule has 0 aliphatic carbocycles. The first-order chi connectivity index (χ1) is 5.20. The molecule has 0 fully saturated rings. The number of rotatable bonds is 2. The zero-order valence-electron chi connectivity index (χ0n) is 5.31. The molecule has 6 nitrogen and oxygen atoms in total. The number of carbonyl (C=O) groups is 2. The lowest BCUT2D eigenvalue weighted by molar-refractivity contribution is 0.136. The Kier molecular flexibility index (Phi) is 5.89. The van der Waals surface area contributed by atoms with E-state index in [0.717, 1.165) is 0 Å². The first kappa shape index (κ1) is 10.5. The van der Waals surface area contributed by atoms with Gasteiger partial charge in [-0.15, -0.1) is 0 Å². The van der Waals surface area contributed by atoms with Crippen molar-refractivity contribution in [1.29, 1.82) is 0 Å². The lowest BCUT2D eigenvalue weighted by Crippen LogP contribution is -2.13. The van der Waals surface area contributed by atoms with Crippen LogP contribution in [0.25, 0.3) is 0 Å². The lowest BCUT2D eigenvalue weighted by Gasteiger charge is -2.00. The molecule has 0 N–H and O–H groups in total. The van der Waals surface area contributed by atoms with Crippen molar-refractivity contribution in [3.63, 3.8) is 0 Å². The van der Waals surface area contributed by atoms with Gasteiger partial charge in [-0.25, -0.2) is 9.59 Å². The predicted octanol–water partition coefficient (Wildman–Crippen LogP) is 0.139. The van der Waals surface area contributed by atoms with Gasteiger partial charge in [-0.05, 0) is 0 Å². The Labute approximate surface area is 67.8 Å². The minimum atomic E-state index is -0.966. The summed E-state index contributed by atoms with van der Waals surface area (Å²) in [5.41, 5.74) is 0. The van der Waals surface area contributed by atoms with Gasteiger partial charge in [0, 0.05) is 0 Å². The molecule has 2 atom stereocenters. The third kappa shape index (κ3) is 5.89. The van der Waals surface area contributed by atoms with E-state index < -0.39 is 20.0 Å². The maximum atomic E-state index is 10.2. The monoisotopic (exact) mass is 198 g/mol. The second-order valence-corrected chi connectivity index (χ2v) is 1.61. The summed E-state index contributed by atoms with van der Waals surface area (Å²) in [5, 5.41) is 0. The van der Waals surface area contributed by atoms with Crippen molar-refractivity contribution in [3.8, 4) is 0 Å². The van der Waals surface area contributed by atoms with Crippen molar-refractivity contribution in [1.82, 2.24) is 0 Å². The van der Waals surface area contributed by atoms with E-state index in [1.165, 1.54) is 0 Å². The molecular formula is C2H5BO6P2. The molecule has 0 aromatic carbocycles. The van der Waals surface area contributed by atoms with E-state index in [1.54, 1.807) is 18.9 Å². The van der Waals surface area contributed by atoms with Gasteiger partial charge in [0.15, 0.2) is 0 Å². The van der Waals surface area contributed by atoms with Crippen LogP contribution in [0, 0.1) is 0 Å². The van der Waals surface area contributed by atoms with Crippen LogP contribution in [0.3, 0.4) is 0 Å². The topological polar surface area (TPSA) is 71.1 Å². The van der Waals surface area contributed by atoms with Crippen molar-refractivity contribution in [2.75, 3.05) is 0 Å². The molecule has 9 heteroatoms. The van der Waals surface area contributed by atoms with Crippen LogP contribution in [-0.2, 0) is 18.4 Å². The minimum Gasteiger partial charge on any atom is -0.469 e. The van der Waals surface area contributed by atoms with E-state index in [9.17, 15) is 9.59 Å². The van der Waals surface area contributed by atoms with E-state index in [2.05, 4.69) is 18.4 Å². The third-order valence-corrected chi connectivity index (χ3v) is 0.931. The average molecular weight is 198 g/mol. The van der Waals surface area contributed by atoms with Crippen molar-refractivity contribution < 1.29 is 27.9 Å². The summed E-state index contributed by atoms with van der Waals surface area (Å²) in [4.78, 5) is 20.4. The molecule has 11 heavy (non-hydrogen) atoms. The SMILES string of the molecule is O=C(OP)OBOC(=O)OP. The van der Waals surface area contributed by atoms with E-state index in [4.69, 9.17) is 0 Å². The van der Waals surface area contributed by atoms with Crippen LogP contribution in [0.2, 0.25) is 0 Å². The molecule has 0 heterocycles. The molecule has 0 saturated carbocycles. The Balaban J connectivity index is 3.27. The van der Waals surface area contributed by atoms with Gasteiger partial charge in [0.1, 0.15) is 0 Å². The Morgan fingerprint density at radius 1 is 1.00 bits per heavy atom. The molecule has 0 bridgehead atoms. The normalized spacial score (nSPS) is 7.82. The molecule has 0 aliphatic heterocycles. The van der Waals surface area contributed by atoms with Crippen LogP contribution in [-0.4, -0.2) is 20.0 Å². The second-order valence-electron chi connectivity index (χ2n) is 1.14. The molecule has 62 valence electrons. The van der Waals surface area contributed by atoms with Gasteiger partial charge in [-0.2, -0.15) is 0 Å². The third-order valence-electron chi connectivity index (χ3n) is 0.546. The van der Waals surface area contributed by atoms with Gasteiger partial charge in [0.25, 0.3) is 0 Å². The molecular weight excluding hydrogens is 193 g/mol. The average Bonchev–Trinajstić information content (AvgIpc) is 2.04. The van der Waals surface area contributed by atoms with Gasteiger partial charge in [-0.3, -0.25) is 0 Å². The van der Waals surface area contributed by atoms with E-state index in [0.29, 0.717) is 0 Å². The van der Waals surface area contributed by atoms with E-state index in [1.807, 2.05) is 0 Å². The fourth-order valence-corrected chi connectivity index (χ4v) is 0.330. The fraction of sp³-hybridized carbons (Fsp3) is 0. The molecule has 0 aromatic rings. The van der Waals surface area contributed by atoms with Gasteiger partial charge < -0.3 is 18.4 Å². The zero-order valence-corrected chi connectivity index (χ0v) is 7.62. The summed E-state index contributed by atoms with van der Waals surface area (Å²) >= 11 is 0. The summed E-state index contributed by atoms with van der Waals surface area (Å²) in [6, 6.07) is 0. The van der Waals surface area contributed by atoms with Crippen LogP contribution in [0.15, 0.2) is 0 Å². The Hall–Kier alpha value is -0.535. The first-order valence-electron chi connectivity index (χ1n) is 2.27. The number of hydrogen-bond acceptors (Lipinski definition) is 6. The van der Waals surface area contributed by atoms with Crippen molar-refractivity contribution in [2.45, 2.75) is 0 Å². The van der Waals surface area contributed by atoms with Crippen LogP contribution < -0.4 is 0 Å². The summed E-state index contributed by atoms with van der Waals surface area (Å²) < 4.78 is 16.3. The standard InChI is InChI=1S/C2H5BO6P2/c4-1(8-10)6-3-7-2(5)9-11/h3H,10-11H2. The predicted molar refractivity (Wildman–Crippen MR) is 41.7 cm³/mol. The molecule has 0 aliphatic rings. The Morgan fingerprint density at radius 3 is 1.64 bits per heavy atom. The molecule has 0 spiro atoms. The highest BCUT2D eigenvalue weighted by Gasteiger charge is 2.07. The maximum Gasteiger partial charge on any atom is 0.585 e. The van der Waals surface area contributed by atoms with E-state index in [-0.39, 0.29) is 0 Å². The molecule has 0 amide bonds. The molecule has 0 rings (SSSR count). The summed E-state index contributed by atoms with van der Waals surface area (Å²) in [6.45, 7) is 0. The van der Waals surface area contributed by atoms with Crippen LogP contribution in [0.4, 0.5) is 9.59 Å². The summed E-state index contributed by atoms with van der Waals surface area (Å²) in [6.07, 6.45) is -1.93. The molecule has 2 unspecified atom stereocenters. The van der Waals surface area contributed by atoms with Gasteiger partial charge in [0.2, 0.25) is 0 Å². The second kappa shape index (κ2) is 6.19. The van der Waals surface area contributed by atoms with Crippen molar-refractivity contribution in [2.24, 2.45) is 0 Å². The van der Waals surface area contributed by atoms with Crippen molar-refractivity contribution >= 4 is 38.9 Å². The van der Waals surface area contributed by atoms with Crippen molar-refractivity contribution in [3.05, 3.63) is 0 Å². The molecule has 0 aromatic heterocycles. The van der Waals surface area contributed by atoms with E-state index >= 15 is 0 Å². The zero-order chi connectivity index (χ0) is 8.69. The quantitative estimate of drug-likeness (QED) is 0.464. The molecule has 0 radical (unpaired) electrons. The summed E-state index contributed by atoms with van der Waals surface area (Å²) in [5.74, 6) is 0. The van der Waals surface area contributed by atoms with Crippen LogP contribution >= 0.6 is 18.9 Å².